The first-order valence-corrected chi connectivity index (χ1v) is 13.3. The second kappa shape index (κ2) is 9.35. The van der Waals surface area contributed by atoms with Gasteiger partial charge in [-0.15, -0.1) is 0 Å². The van der Waals surface area contributed by atoms with Crippen LogP contribution in [0.3, 0.4) is 0 Å². The van der Waals surface area contributed by atoms with E-state index in [4.69, 9.17) is 0 Å². The maximum absolute atomic E-state index is 13.6. The van der Waals surface area contributed by atoms with E-state index in [1.165, 1.54) is 10.8 Å². The number of fused-ring (bicyclic) bond motifs is 2. The van der Waals surface area contributed by atoms with E-state index >= 15 is 0 Å². The van der Waals surface area contributed by atoms with Crippen molar-refractivity contribution in [3.63, 3.8) is 0 Å². The summed E-state index contributed by atoms with van der Waals surface area (Å²) >= 11 is 0. The molecule has 0 amide bonds. The second-order valence-corrected chi connectivity index (χ2v) is 11.1. The van der Waals surface area contributed by atoms with Crippen LogP contribution in [0.25, 0.3) is 5.69 Å². The van der Waals surface area contributed by atoms with Gasteiger partial charge in [-0.1, -0.05) is 12.1 Å². The van der Waals surface area contributed by atoms with Crippen LogP contribution in [-0.2, 0) is 37.2 Å². The molecule has 214 valence electrons. The van der Waals surface area contributed by atoms with Gasteiger partial charge in [0.2, 0.25) is 0 Å². The molecule has 3 heterocycles. The van der Waals surface area contributed by atoms with Gasteiger partial charge < -0.3 is 4.90 Å². The van der Waals surface area contributed by atoms with Gasteiger partial charge in [0.15, 0.2) is 5.69 Å². The van der Waals surface area contributed by atoms with Crippen molar-refractivity contribution < 1.29 is 26.3 Å². The Kier molecular flexibility index (Phi) is 6.28. The molecular weight excluding hydrogens is 540 g/mol. The topological polar surface area (TPSA) is 75.9 Å². The Balaban J connectivity index is 1.15. The first kappa shape index (κ1) is 26.9. The zero-order chi connectivity index (χ0) is 28.4. The van der Waals surface area contributed by atoms with E-state index in [0.29, 0.717) is 50.4 Å². The predicted molar refractivity (Wildman–Crippen MR) is 132 cm³/mol. The zero-order valence-electron chi connectivity index (χ0n) is 21.4. The van der Waals surface area contributed by atoms with E-state index in [1.54, 1.807) is 12.1 Å². The lowest BCUT2D eigenvalue weighted by molar-refractivity contribution is -0.142. The lowest BCUT2D eigenvalue weighted by Gasteiger charge is -2.21. The average molecular weight is 568 g/mol. The number of likely N-dealkylation sites (tertiary alicyclic amines) is 1. The third kappa shape index (κ3) is 4.67. The van der Waals surface area contributed by atoms with Gasteiger partial charge in [0.25, 0.3) is 5.56 Å². The molecule has 1 saturated carbocycles. The number of nitrogens with zero attached hydrogens (tertiary/aromatic N) is 4. The molecule has 7 nitrogen and oxygen atoms in total. The van der Waals surface area contributed by atoms with E-state index in [-0.39, 0.29) is 29.6 Å². The smallest absolute Gasteiger partial charge is 0.302 e. The molecule has 0 radical (unpaired) electrons. The van der Waals surface area contributed by atoms with Crippen molar-refractivity contribution in [3.8, 4) is 5.69 Å². The van der Waals surface area contributed by atoms with Crippen LogP contribution >= 0.6 is 0 Å². The number of aromatic amines is 1. The number of alkyl halides is 6. The van der Waals surface area contributed by atoms with E-state index in [2.05, 4.69) is 15.0 Å². The Morgan fingerprint density at radius 1 is 0.975 bits per heavy atom. The Bertz CT molecular complexity index is 1550. The number of nitrogens with one attached hydrogen (secondary N) is 1. The molecule has 0 bridgehead atoms. The Labute approximate surface area is 224 Å². The van der Waals surface area contributed by atoms with Crippen LogP contribution in [0, 0.1) is 5.92 Å². The fourth-order valence-corrected chi connectivity index (χ4v) is 6.50. The molecule has 2 aromatic heterocycles. The number of aryl methyl sites for hydroxylation is 1. The number of H-pyrrole nitrogens is 1. The third-order valence-electron chi connectivity index (χ3n) is 8.55. The standard InChI is InChI=1S/C27H27F6N5O2/c28-26(29,30)17-8-6-16(7-9-17)25-12-18(25)13-36(15-25)10-3-11-37-14-21(23(39)34-24(37)40)38-20-5-2-1-4-19(20)22(35-38)27(31,32)33/h6-9,14,18H,1-5,10-13,15H2,(H,34,39,40)/t18-,25+/m0/s1. The highest BCUT2D eigenvalue weighted by Crippen LogP contribution is 2.59. The molecule has 2 fully saturated rings. The summed E-state index contributed by atoms with van der Waals surface area (Å²) in [5, 5.41) is 3.76. The van der Waals surface area contributed by atoms with E-state index in [1.807, 2.05) is 0 Å². The highest BCUT2D eigenvalue weighted by molar-refractivity contribution is 5.40. The zero-order valence-corrected chi connectivity index (χ0v) is 21.4. The number of hydrogen-bond donors (Lipinski definition) is 1. The number of aromatic nitrogens is 4. The number of piperidine rings is 1. The molecule has 2 atom stereocenters. The van der Waals surface area contributed by atoms with Gasteiger partial charge in [0, 0.05) is 42.5 Å². The molecule has 1 aromatic carbocycles. The van der Waals surface area contributed by atoms with Crippen molar-refractivity contribution in [2.75, 3.05) is 19.6 Å². The van der Waals surface area contributed by atoms with E-state index in [0.717, 1.165) is 35.3 Å². The van der Waals surface area contributed by atoms with Crippen LogP contribution in [0.15, 0.2) is 40.1 Å². The van der Waals surface area contributed by atoms with Gasteiger partial charge in [-0.3, -0.25) is 14.3 Å². The number of hydrogen-bond acceptors (Lipinski definition) is 4. The van der Waals surface area contributed by atoms with Gasteiger partial charge in [-0.05, 0) is 68.7 Å². The molecule has 2 aliphatic carbocycles. The van der Waals surface area contributed by atoms with Gasteiger partial charge in [0.1, 0.15) is 5.69 Å². The van der Waals surface area contributed by atoms with Crippen molar-refractivity contribution in [1.29, 1.82) is 0 Å². The molecule has 40 heavy (non-hydrogen) atoms. The largest absolute Gasteiger partial charge is 0.435 e. The average Bonchev–Trinajstić information content (AvgIpc) is 3.25. The summed E-state index contributed by atoms with van der Waals surface area (Å²) in [7, 11) is 0. The highest BCUT2D eigenvalue weighted by atomic mass is 19.4. The number of benzene rings is 1. The van der Waals surface area contributed by atoms with E-state index < -0.39 is 34.9 Å². The first-order chi connectivity index (χ1) is 18.9. The van der Waals surface area contributed by atoms with Gasteiger partial charge in [-0.25, -0.2) is 9.48 Å². The molecule has 0 spiro atoms. The predicted octanol–water partition coefficient (Wildman–Crippen LogP) is 4.30. The summed E-state index contributed by atoms with van der Waals surface area (Å²) in [6.07, 6.45) is -4.43. The van der Waals surface area contributed by atoms with E-state index in [9.17, 15) is 35.9 Å². The summed E-state index contributed by atoms with van der Waals surface area (Å²) in [6.45, 7) is 2.35. The monoisotopic (exact) mass is 567 g/mol. The molecule has 3 aliphatic rings. The Morgan fingerprint density at radius 2 is 1.70 bits per heavy atom. The third-order valence-corrected chi connectivity index (χ3v) is 8.55. The Morgan fingerprint density at radius 3 is 2.40 bits per heavy atom. The van der Waals surface area contributed by atoms with Crippen molar-refractivity contribution in [2.24, 2.45) is 5.92 Å². The van der Waals surface area contributed by atoms with Gasteiger partial charge in [0.05, 0.1) is 5.56 Å². The summed E-state index contributed by atoms with van der Waals surface area (Å²) in [4.78, 5) is 29.6. The minimum absolute atomic E-state index is 0.102. The summed E-state index contributed by atoms with van der Waals surface area (Å²) < 4.78 is 82.0. The van der Waals surface area contributed by atoms with Crippen molar-refractivity contribution in [3.05, 3.63) is 79.4 Å². The van der Waals surface area contributed by atoms with Crippen LogP contribution < -0.4 is 11.2 Å². The first-order valence-electron chi connectivity index (χ1n) is 13.3. The molecule has 0 unspecified atom stereocenters. The van der Waals surface area contributed by atoms with Crippen LogP contribution in [0.5, 0.6) is 0 Å². The fraction of sp³-hybridized carbons (Fsp3) is 0.519. The maximum Gasteiger partial charge on any atom is 0.435 e. The Hall–Kier alpha value is -3.35. The lowest BCUT2D eigenvalue weighted by atomic mass is 9.94. The summed E-state index contributed by atoms with van der Waals surface area (Å²) in [5.74, 6) is 0.362. The molecule has 13 heteroatoms. The van der Waals surface area contributed by atoms with Crippen LogP contribution in [-0.4, -0.2) is 43.9 Å². The van der Waals surface area contributed by atoms with Crippen LogP contribution in [0.2, 0.25) is 0 Å². The van der Waals surface area contributed by atoms with Gasteiger partial charge >= 0.3 is 18.0 Å². The maximum atomic E-state index is 13.6. The number of rotatable bonds is 6. The minimum atomic E-state index is -4.65. The van der Waals surface area contributed by atoms with Crippen molar-refractivity contribution in [2.45, 2.75) is 62.8 Å². The molecule has 1 saturated heterocycles. The van der Waals surface area contributed by atoms with Crippen molar-refractivity contribution >= 4 is 0 Å². The molecule has 6 rings (SSSR count). The lowest BCUT2D eigenvalue weighted by Crippen LogP contribution is -2.34. The molecule has 1 aliphatic heterocycles. The minimum Gasteiger partial charge on any atom is -0.302 e. The van der Waals surface area contributed by atoms with Crippen LogP contribution in [0.4, 0.5) is 26.3 Å². The molecule has 3 aromatic rings. The summed E-state index contributed by atoms with van der Waals surface area (Å²) in [6, 6.07) is 5.37. The SMILES string of the molecule is O=c1[nH]c(=O)n(CCCN2C[C@@H]3C[C@]3(c3ccc(C(F)(F)F)cc3)C2)cc1-n1nc(C(F)(F)F)c2c1CCCC2. The number of halogens is 6. The molecular formula is C27H27F6N5O2. The fourth-order valence-electron chi connectivity index (χ4n) is 6.50. The highest BCUT2D eigenvalue weighted by Gasteiger charge is 2.60. The van der Waals surface area contributed by atoms with Crippen molar-refractivity contribution in [1.82, 2.24) is 24.2 Å². The second-order valence-electron chi connectivity index (χ2n) is 11.1. The normalized spacial score (nSPS) is 22.8. The van der Waals surface area contributed by atoms with Crippen LogP contribution in [0.1, 0.15) is 53.8 Å². The van der Waals surface area contributed by atoms with Gasteiger partial charge in [-0.2, -0.15) is 31.4 Å². The summed E-state index contributed by atoms with van der Waals surface area (Å²) in [5.41, 5.74) is -2.05. The molecule has 1 N–H and O–H groups in total. The quantitative estimate of drug-likeness (QED) is 0.451.